The molecule has 0 spiro atoms. The maximum atomic E-state index is 14.8. The predicted molar refractivity (Wildman–Crippen MR) is 130 cm³/mol. The maximum absolute atomic E-state index is 14.8. The van der Waals surface area contributed by atoms with Crippen molar-refractivity contribution in [3.63, 3.8) is 0 Å². The molecule has 1 aromatic carbocycles. The predicted octanol–water partition coefficient (Wildman–Crippen LogP) is 1.55. The fourth-order valence-electron chi connectivity index (χ4n) is 4.94. The molecule has 3 aromatic rings. The molecule has 0 aliphatic carbocycles. The van der Waals surface area contributed by atoms with Crippen molar-refractivity contribution in [2.45, 2.75) is 43.5 Å². The fourth-order valence-corrected chi connectivity index (χ4v) is 5.56. The Kier molecular flexibility index (Phi) is 5.81. The van der Waals surface area contributed by atoms with Crippen molar-refractivity contribution in [3.8, 4) is 11.4 Å². The van der Waals surface area contributed by atoms with Crippen LogP contribution in [0.2, 0.25) is 0 Å². The van der Waals surface area contributed by atoms with E-state index in [1.54, 1.807) is 13.0 Å². The number of fused-ring (bicyclic) bond motifs is 5. The van der Waals surface area contributed by atoms with Gasteiger partial charge in [-0.2, -0.15) is 0 Å². The highest BCUT2D eigenvalue weighted by atomic mass is 32.2. The summed E-state index contributed by atoms with van der Waals surface area (Å²) in [7, 11) is -1.61. The Balaban J connectivity index is 1.80. The van der Waals surface area contributed by atoms with Crippen molar-refractivity contribution in [2.24, 2.45) is 0 Å². The quantitative estimate of drug-likeness (QED) is 0.369. The molecule has 188 valence electrons. The number of aliphatic hydroxyl groups excluding tert-OH is 1. The van der Waals surface area contributed by atoms with E-state index in [1.807, 2.05) is 0 Å². The van der Waals surface area contributed by atoms with Crippen LogP contribution in [0.3, 0.4) is 0 Å². The van der Waals surface area contributed by atoms with Crippen LogP contribution in [0.4, 0.5) is 4.39 Å². The number of nitrogens with zero attached hydrogens (tertiary/aromatic N) is 2. The van der Waals surface area contributed by atoms with Gasteiger partial charge >= 0.3 is 0 Å². The molecule has 9 nitrogen and oxygen atoms in total. The van der Waals surface area contributed by atoms with Gasteiger partial charge in [0, 0.05) is 35.4 Å². The Hall–Kier alpha value is -3.41. The Labute approximate surface area is 207 Å². The monoisotopic (exact) mass is 513 g/mol. The number of hydrogen-bond donors (Lipinski definition) is 3. The number of pyridine rings is 2. The SMILES string of the molecule is C=C1OCc2c(cc3n(c2=O)Cc2c-3nc3cc(F)c([S@@](C)=O)cc3c2CNC(=O)CO)[C@@]1(O)CC. The topological polar surface area (TPSA) is 131 Å². The highest BCUT2D eigenvalue weighted by Crippen LogP contribution is 2.43. The summed E-state index contributed by atoms with van der Waals surface area (Å²) in [6.07, 6.45) is 1.60. The van der Waals surface area contributed by atoms with Crippen LogP contribution < -0.4 is 10.9 Å². The van der Waals surface area contributed by atoms with Gasteiger partial charge in [0.15, 0.2) is 0 Å². The van der Waals surface area contributed by atoms with Crippen molar-refractivity contribution in [1.29, 1.82) is 0 Å². The number of hydrogen-bond acceptors (Lipinski definition) is 7. The molecule has 36 heavy (non-hydrogen) atoms. The number of rotatable bonds is 5. The first-order valence-corrected chi connectivity index (χ1v) is 12.8. The van der Waals surface area contributed by atoms with E-state index in [1.165, 1.54) is 23.0 Å². The van der Waals surface area contributed by atoms with Gasteiger partial charge < -0.3 is 24.8 Å². The molecule has 2 aromatic heterocycles. The number of ether oxygens (including phenoxy) is 1. The van der Waals surface area contributed by atoms with Gasteiger partial charge in [0.25, 0.3) is 5.56 Å². The van der Waals surface area contributed by atoms with E-state index in [-0.39, 0.29) is 47.8 Å². The van der Waals surface area contributed by atoms with Gasteiger partial charge in [-0.25, -0.2) is 9.37 Å². The van der Waals surface area contributed by atoms with Gasteiger partial charge in [-0.1, -0.05) is 13.5 Å². The Morgan fingerprint density at radius 2 is 2.11 bits per heavy atom. The summed E-state index contributed by atoms with van der Waals surface area (Å²) in [6.45, 7) is 4.93. The minimum Gasteiger partial charge on any atom is -0.490 e. The smallest absolute Gasteiger partial charge is 0.258 e. The molecule has 0 unspecified atom stereocenters. The van der Waals surface area contributed by atoms with E-state index < -0.39 is 34.7 Å². The van der Waals surface area contributed by atoms with Crippen LogP contribution >= 0.6 is 0 Å². The first kappa shape index (κ1) is 24.3. The summed E-state index contributed by atoms with van der Waals surface area (Å²) in [5.41, 5.74) is 1.11. The van der Waals surface area contributed by atoms with E-state index in [9.17, 15) is 23.3 Å². The molecular formula is C25H24FN3O6S. The molecule has 0 saturated carbocycles. The Morgan fingerprint density at radius 1 is 1.36 bits per heavy atom. The van der Waals surface area contributed by atoms with Crippen LogP contribution in [0.1, 0.15) is 35.6 Å². The van der Waals surface area contributed by atoms with E-state index in [0.29, 0.717) is 39.0 Å². The van der Waals surface area contributed by atoms with Crippen LogP contribution in [0.25, 0.3) is 22.3 Å². The summed E-state index contributed by atoms with van der Waals surface area (Å²) in [5, 5.41) is 23.5. The Bertz CT molecular complexity index is 1570. The zero-order valence-electron chi connectivity index (χ0n) is 19.7. The number of nitrogens with one attached hydrogen (secondary N) is 1. The third-order valence-corrected chi connectivity index (χ3v) is 7.87. The van der Waals surface area contributed by atoms with Gasteiger partial charge in [-0.15, -0.1) is 0 Å². The molecule has 0 bridgehead atoms. The number of carbonyl (C=O) groups is 1. The summed E-state index contributed by atoms with van der Waals surface area (Å²) >= 11 is 0. The molecule has 3 N–H and O–H groups in total. The summed E-state index contributed by atoms with van der Waals surface area (Å²) in [6, 6.07) is 4.32. The lowest BCUT2D eigenvalue weighted by molar-refractivity contribution is -0.123. The molecule has 2 atom stereocenters. The van der Waals surface area contributed by atoms with Crippen molar-refractivity contribution in [1.82, 2.24) is 14.9 Å². The zero-order chi connectivity index (χ0) is 25.9. The number of halogens is 1. The fraction of sp³-hybridized carbons (Fsp3) is 0.320. The van der Waals surface area contributed by atoms with Crippen LogP contribution in [0.5, 0.6) is 0 Å². The molecule has 11 heteroatoms. The Morgan fingerprint density at radius 3 is 2.78 bits per heavy atom. The van der Waals surface area contributed by atoms with Crippen molar-refractivity contribution >= 4 is 27.6 Å². The molecule has 0 fully saturated rings. The molecular weight excluding hydrogens is 489 g/mol. The van der Waals surface area contributed by atoms with Gasteiger partial charge in [-0.3, -0.25) is 13.8 Å². The first-order chi connectivity index (χ1) is 17.1. The average Bonchev–Trinajstić information content (AvgIpc) is 3.22. The molecule has 2 aliphatic rings. The van der Waals surface area contributed by atoms with E-state index in [0.717, 1.165) is 0 Å². The third-order valence-electron chi connectivity index (χ3n) is 6.94. The lowest BCUT2D eigenvalue weighted by atomic mass is 9.84. The molecule has 2 aliphatic heterocycles. The maximum Gasteiger partial charge on any atom is 0.258 e. The highest BCUT2D eigenvalue weighted by Gasteiger charge is 2.41. The lowest BCUT2D eigenvalue weighted by Gasteiger charge is -2.35. The van der Waals surface area contributed by atoms with Crippen molar-refractivity contribution in [2.75, 3.05) is 12.9 Å². The van der Waals surface area contributed by atoms with Gasteiger partial charge in [0.2, 0.25) is 5.91 Å². The number of aromatic nitrogens is 2. The lowest BCUT2D eigenvalue weighted by Crippen LogP contribution is -2.38. The largest absolute Gasteiger partial charge is 0.490 e. The summed E-state index contributed by atoms with van der Waals surface area (Å²) in [4.78, 5) is 30.0. The van der Waals surface area contributed by atoms with Gasteiger partial charge in [0.05, 0.1) is 44.7 Å². The second kappa shape index (κ2) is 8.61. The third kappa shape index (κ3) is 3.49. The molecule has 0 saturated heterocycles. The number of aliphatic hydroxyl groups is 2. The van der Waals surface area contributed by atoms with E-state index in [4.69, 9.17) is 9.84 Å². The zero-order valence-corrected chi connectivity index (χ0v) is 20.5. The van der Waals surface area contributed by atoms with Gasteiger partial charge in [0.1, 0.15) is 30.4 Å². The van der Waals surface area contributed by atoms with Gasteiger partial charge in [-0.05, 0) is 24.1 Å². The standard InChI is InChI=1S/C25H24FN3O6S/c1-4-25(33)12(2)35-11-16-17(25)6-20-23-15(9-29(20)24(16)32)14(8-27-22(31)10-30)13-5-21(36(3)34)18(26)7-19(13)28-23/h5-7,30,33H,2,4,8-11H2,1,3H3,(H,27,31)/t25-,36-/m1/s1. The number of amides is 1. The highest BCUT2D eigenvalue weighted by molar-refractivity contribution is 7.84. The summed E-state index contributed by atoms with van der Waals surface area (Å²) < 4.78 is 33.9. The molecule has 5 rings (SSSR count). The number of carbonyl (C=O) groups excluding carboxylic acids is 1. The molecule has 0 radical (unpaired) electrons. The number of benzene rings is 1. The van der Waals surface area contributed by atoms with Crippen LogP contribution in [-0.4, -0.2) is 42.7 Å². The van der Waals surface area contributed by atoms with E-state index in [2.05, 4.69) is 16.9 Å². The first-order valence-electron chi connectivity index (χ1n) is 11.3. The van der Waals surface area contributed by atoms with E-state index >= 15 is 0 Å². The van der Waals surface area contributed by atoms with Crippen LogP contribution in [0.15, 0.2) is 40.2 Å². The minimum absolute atomic E-state index is 0.00852. The minimum atomic E-state index is -1.61. The van der Waals surface area contributed by atoms with Crippen LogP contribution in [-0.2, 0) is 45.6 Å². The van der Waals surface area contributed by atoms with Crippen molar-refractivity contribution in [3.05, 3.63) is 69.0 Å². The normalized spacial score (nSPS) is 18.9. The average molecular weight is 514 g/mol. The second-order valence-corrected chi connectivity index (χ2v) is 10.2. The van der Waals surface area contributed by atoms with Crippen molar-refractivity contribution < 1.29 is 28.3 Å². The second-order valence-electron chi connectivity index (χ2n) is 8.85. The molecule has 4 heterocycles. The summed E-state index contributed by atoms with van der Waals surface area (Å²) in [5.74, 6) is -1.14. The van der Waals surface area contributed by atoms with Crippen LogP contribution in [0, 0.1) is 5.82 Å². The molecule has 1 amide bonds.